The Morgan fingerprint density at radius 2 is 1.91 bits per heavy atom. The third kappa shape index (κ3) is 4.77. The Morgan fingerprint density at radius 1 is 1.16 bits per heavy atom. The smallest absolute Gasteiger partial charge is 0.242 e. The molecule has 0 aliphatic carbocycles. The highest BCUT2D eigenvalue weighted by Gasteiger charge is 2.20. The standard InChI is InChI=1S/C23H28ClN3O4S/c1-6-12-31-21-11-8-16(14-22(21)30-5)13-18(24)23-25-19-15-17(32(28,29)26(3)4)9-10-20(19)27(23)7-2/h8-11,13-15H,6-7,12H2,1-5H3/b18-13-. The van der Waals surface area contributed by atoms with Crippen LogP contribution in [0.5, 0.6) is 11.5 Å². The SMILES string of the molecule is CCCOc1ccc(/C=C(\Cl)c2nc3cc(S(=O)(=O)N(C)C)ccc3n2CC)cc1OC. The van der Waals surface area contributed by atoms with Gasteiger partial charge in [-0.15, -0.1) is 0 Å². The Morgan fingerprint density at radius 3 is 2.53 bits per heavy atom. The van der Waals surface area contributed by atoms with Crippen LogP contribution in [-0.2, 0) is 16.6 Å². The van der Waals surface area contributed by atoms with E-state index in [4.69, 9.17) is 21.1 Å². The molecule has 0 aliphatic rings. The molecule has 0 spiro atoms. The molecule has 0 unspecified atom stereocenters. The van der Waals surface area contributed by atoms with Crippen LogP contribution in [0.1, 0.15) is 31.7 Å². The van der Waals surface area contributed by atoms with E-state index in [9.17, 15) is 8.42 Å². The molecule has 9 heteroatoms. The third-order valence-corrected chi connectivity index (χ3v) is 7.06. The quantitative estimate of drug-likeness (QED) is 0.441. The number of rotatable bonds is 9. The van der Waals surface area contributed by atoms with Crippen molar-refractivity contribution in [3.63, 3.8) is 0 Å². The van der Waals surface area contributed by atoms with E-state index in [1.807, 2.05) is 36.6 Å². The van der Waals surface area contributed by atoms with E-state index in [1.54, 1.807) is 31.4 Å². The fourth-order valence-corrected chi connectivity index (χ4v) is 4.49. The van der Waals surface area contributed by atoms with Crippen LogP contribution in [0.3, 0.4) is 0 Å². The Kier molecular flexibility index (Phi) is 7.48. The van der Waals surface area contributed by atoms with Crippen molar-refractivity contribution in [2.45, 2.75) is 31.7 Å². The molecule has 1 heterocycles. The first-order valence-corrected chi connectivity index (χ1v) is 12.2. The third-order valence-electron chi connectivity index (χ3n) is 4.97. The lowest BCUT2D eigenvalue weighted by Crippen LogP contribution is -2.22. The van der Waals surface area contributed by atoms with E-state index < -0.39 is 10.0 Å². The number of sulfonamides is 1. The molecule has 0 saturated carbocycles. The molecule has 1 aromatic heterocycles. The number of hydrogen-bond acceptors (Lipinski definition) is 5. The number of fused-ring (bicyclic) bond motifs is 1. The van der Waals surface area contributed by atoms with Gasteiger partial charge in [0.15, 0.2) is 17.3 Å². The van der Waals surface area contributed by atoms with Gasteiger partial charge in [0.25, 0.3) is 0 Å². The Balaban J connectivity index is 2.03. The minimum absolute atomic E-state index is 0.190. The Hall–Kier alpha value is -2.55. The zero-order chi connectivity index (χ0) is 23.5. The lowest BCUT2D eigenvalue weighted by atomic mass is 10.2. The Bertz CT molecular complexity index is 1250. The van der Waals surface area contributed by atoms with Gasteiger partial charge in [0.05, 0.1) is 34.7 Å². The van der Waals surface area contributed by atoms with Crippen LogP contribution < -0.4 is 9.47 Å². The summed E-state index contributed by atoms with van der Waals surface area (Å²) in [5, 5.41) is 0.435. The van der Waals surface area contributed by atoms with Gasteiger partial charge < -0.3 is 14.0 Å². The average molecular weight is 478 g/mol. The summed E-state index contributed by atoms with van der Waals surface area (Å²) in [5.74, 6) is 1.87. The van der Waals surface area contributed by atoms with E-state index in [0.717, 1.165) is 17.5 Å². The van der Waals surface area contributed by atoms with Crippen LogP contribution in [0.25, 0.3) is 22.1 Å². The molecule has 0 atom stereocenters. The predicted octanol–water partition coefficient (Wildman–Crippen LogP) is 4.84. The average Bonchev–Trinajstić information content (AvgIpc) is 3.16. The van der Waals surface area contributed by atoms with Crippen LogP contribution in [0.15, 0.2) is 41.3 Å². The summed E-state index contributed by atoms with van der Waals surface area (Å²) in [6, 6.07) is 10.5. The minimum atomic E-state index is -3.56. The summed E-state index contributed by atoms with van der Waals surface area (Å²) in [6.45, 7) is 5.27. The number of hydrogen-bond donors (Lipinski definition) is 0. The number of methoxy groups -OCH3 is 1. The molecule has 0 saturated heterocycles. The fraction of sp³-hybridized carbons (Fsp3) is 0.348. The molecule has 0 radical (unpaired) electrons. The lowest BCUT2D eigenvalue weighted by molar-refractivity contribution is 0.294. The topological polar surface area (TPSA) is 73.7 Å². The van der Waals surface area contributed by atoms with Gasteiger partial charge in [0.2, 0.25) is 10.0 Å². The molecule has 7 nitrogen and oxygen atoms in total. The molecule has 2 aromatic carbocycles. The first-order chi connectivity index (χ1) is 15.2. The van der Waals surface area contributed by atoms with E-state index in [-0.39, 0.29) is 4.90 Å². The minimum Gasteiger partial charge on any atom is -0.493 e. The van der Waals surface area contributed by atoms with Crippen LogP contribution in [0, 0.1) is 0 Å². The van der Waals surface area contributed by atoms with Gasteiger partial charge in [0, 0.05) is 20.6 Å². The summed E-state index contributed by atoms with van der Waals surface area (Å²) in [7, 11) is 1.05. The first kappa shape index (κ1) is 24.1. The zero-order valence-electron chi connectivity index (χ0n) is 18.9. The molecule has 0 amide bonds. The van der Waals surface area contributed by atoms with Crippen molar-refractivity contribution in [3.05, 3.63) is 47.8 Å². The second-order valence-electron chi connectivity index (χ2n) is 7.37. The molecule has 0 N–H and O–H groups in total. The van der Waals surface area contributed by atoms with Crippen LogP contribution in [0.4, 0.5) is 0 Å². The summed E-state index contributed by atoms with van der Waals surface area (Å²) < 4.78 is 39.3. The van der Waals surface area contributed by atoms with Crippen LogP contribution >= 0.6 is 11.6 Å². The second-order valence-corrected chi connectivity index (χ2v) is 9.93. The maximum absolute atomic E-state index is 12.5. The maximum Gasteiger partial charge on any atom is 0.242 e. The second kappa shape index (κ2) is 9.94. The van der Waals surface area contributed by atoms with Crippen molar-refractivity contribution in [2.24, 2.45) is 0 Å². The molecule has 0 fully saturated rings. The Labute approximate surface area is 194 Å². The number of imidazole rings is 1. The highest BCUT2D eigenvalue weighted by molar-refractivity contribution is 7.89. The van der Waals surface area contributed by atoms with Gasteiger partial charge in [-0.05, 0) is 55.3 Å². The number of aromatic nitrogens is 2. The molecule has 32 heavy (non-hydrogen) atoms. The normalized spacial score (nSPS) is 12.5. The molecular formula is C23H28ClN3O4S. The number of nitrogens with zero attached hydrogens (tertiary/aromatic N) is 3. The molecule has 0 bridgehead atoms. The zero-order valence-corrected chi connectivity index (χ0v) is 20.5. The number of aryl methyl sites for hydroxylation is 1. The molecular weight excluding hydrogens is 450 g/mol. The molecule has 3 aromatic rings. The highest BCUT2D eigenvalue weighted by atomic mass is 35.5. The summed E-state index contributed by atoms with van der Waals surface area (Å²) in [5.41, 5.74) is 2.21. The molecule has 172 valence electrons. The van der Waals surface area contributed by atoms with E-state index in [1.165, 1.54) is 18.4 Å². The van der Waals surface area contributed by atoms with Gasteiger partial charge in [-0.25, -0.2) is 17.7 Å². The van der Waals surface area contributed by atoms with Gasteiger partial charge in [-0.3, -0.25) is 0 Å². The summed E-state index contributed by atoms with van der Waals surface area (Å²) in [4.78, 5) is 4.83. The number of halogens is 1. The van der Waals surface area contributed by atoms with Crippen LogP contribution in [-0.4, -0.2) is 50.1 Å². The van der Waals surface area contributed by atoms with Crippen molar-refractivity contribution < 1.29 is 17.9 Å². The van der Waals surface area contributed by atoms with Crippen molar-refractivity contribution in [1.29, 1.82) is 0 Å². The van der Waals surface area contributed by atoms with Gasteiger partial charge in [-0.2, -0.15) is 0 Å². The molecule has 3 rings (SSSR count). The monoisotopic (exact) mass is 477 g/mol. The number of ether oxygens (including phenoxy) is 2. The van der Waals surface area contributed by atoms with Crippen molar-refractivity contribution in [2.75, 3.05) is 27.8 Å². The van der Waals surface area contributed by atoms with E-state index in [0.29, 0.717) is 41.0 Å². The van der Waals surface area contributed by atoms with Crippen LogP contribution in [0.2, 0.25) is 0 Å². The van der Waals surface area contributed by atoms with E-state index in [2.05, 4.69) is 4.98 Å². The van der Waals surface area contributed by atoms with Gasteiger partial charge in [-0.1, -0.05) is 24.6 Å². The number of benzene rings is 2. The van der Waals surface area contributed by atoms with Gasteiger partial charge >= 0.3 is 0 Å². The van der Waals surface area contributed by atoms with Crippen molar-refractivity contribution >= 4 is 43.8 Å². The highest BCUT2D eigenvalue weighted by Crippen LogP contribution is 2.32. The fourth-order valence-electron chi connectivity index (χ4n) is 3.30. The lowest BCUT2D eigenvalue weighted by Gasteiger charge is -2.11. The maximum atomic E-state index is 12.5. The van der Waals surface area contributed by atoms with Crippen molar-refractivity contribution in [3.8, 4) is 11.5 Å². The predicted molar refractivity (Wildman–Crippen MR) is 129 cm³/mol. The summed E-state index contributed by atoms with van der Waals surface area (Å²) >= 11 is 6.67. The van der Waals surface area contributed by atoms with E-state index >= 15 is 0 Å². The largest absolute Gasteiger partial charge is 0.493 e. The summed E-state index contributed by atoms with van der Waals surface area (Å²) in [6.07, 6.45) is 2.71. The van der Waals surface area contributed by atoms with Gasteiger partial charge in [0.1, 0.15) is 0 Å². The molecule has 0 aliphatic heterocycles. The van der Waals surface area contributed by atoms with Crippen molar-refractivity contribution in [1.82, 2.24) is 13.9 Å². The first-order valence-electron chi connectivity index (χ1n) is 10.3.